The number of rotatable bonds is 3. The summed E-state index contributed by atoms with van der Waals surface area (Å²) < 4.78 is 0. The minimum atomic E-state index is 0.799. The molecule has 1 heterocycles. The van der Waals surface area contributed by atoms with Crippen LogP contribution in [0.15, 0.2) is 24.4 Å². The summed E-state index contributed by atoms with van der Waals surface area (Å²) in [6.07, 6.45) is 5.95. The molecule has 2 aromatic rings. The molecule has 2 atom stereocenters. The number of hydrogen-bond acceptors (Lipinski definition) is 3. The van der Waals surface area contributed by atoms with Crippen molar-refractivity contribution in [3.8, 4) is 0 Å². The van der Waals surface area contributed by atoms with Crippen molar-refractivity contribution in [3.63, 3.8) is 0 Å². The highest BCUT2D eigenvalue weighted by molar-refractivity contribution is 6.00. The molecule has 0 radical (unpaired) electrons. The molecule has 1 fully saturated rings. The van der Waals surface area contributed by atoms with Crippen LogP contribution in [0.25, 0.3) is 10.8 Å². The molecule has 1 saturated carbocycles. The van der Waals surface area contributed by atoms with Crippen molar-refractivity contribution in [2.24, 2.45) is 11.8 Å². The number of aromatic nitrogens is 1. The molecule has 3 N–H and O–H groups in total. The zero-order valence-corrected chi connectivity index (χ0v) is 12.3. The predicted octanol–water partition coefficient (Wildman–Crippen LogP) is 3.97. The van der Waals surface area contributed by atoms with Gasteiger partial charge in [0, 0.05) is 40.6 Å². The SMILES string of the molecule is Cc1cc2c(NCC3CCC(C)C3)ccc(N)c2cn1. The number of anilines is 2. The number of aryl methyl sites for hydroxylation is 1. The van der Waals surface area contributed by atoms with Crippen LogP contribution in [0.5, 0.6) is 0 Å². The van der Waals surface area contributed by atoms with Crippen LogP contribution in [0.2, 0.25) is 0 Å². The van der Waals surface area contributed by atoms with Crippen molar-refractivity contribution in [1.82, 2.24) is 4.98 Å². The average Bonchev–Trinajstić information content (AvgIpc) is 2.84. The lowest BCUT2D eigenvalue weighted by molar-refractivity contribution is 0.537. The molecule has 2 unspecified atom stereocenters. The number of nitrogens with zero attached hydrogens (tertiary/aromatic N) is 1. The Morgan fingerprint density at radius 1 is 1.30 bits per heavy atom. The van der Waals surface area contributed by atoms with Gasteiger partial charge in [-0.2, -0.15) is 0 Å². The number of benzene rings is 1. The molecule has 106 valence electrons. The Bertz CT molecular complexity index is 621. The topological polar surface area (TPSA) is 50.9 Å². The highest BCUT2D eigenvalue weighted by atomic mass is 14.9. The molecular formula is C17H23N3. The van der Waals surface area contributed by atoms with Crippen molar-refractivity contribution in [1.29, 1.82) is 0 Å². The number of nitrogens with two attached hydrogens (primary N) is 1. The maximum atomic E-state index is 6.04. The van der Waals surface area contributed by atoms with E-state index in [1.54, 1.807) is 0 Å². The van der Waals surface area contributed by atoms with Gasteiger partial charge < -0.3 is 11.1 Å². The van der Waals surface area contributed by atoms with Crippen LogP contribution in [0.3, 0.4) is 0 Å². The Labute approximate surface area is 120 Å². The van der Waals surface area contributed by atoms with Crippen molar-refractivity contribution in [2.45, 2.75) is 33.1 Å². The maximum Gasteiger partial charge on any atom is 0.0422 e. The van der Waals surface area contributed by atoms with E-state index >= 15 is 0 Å². The van der Waals surface area contributed by atoms with E-state index in [2.05, 4.69) is 29.4 Å². The molecule has 1 aromatic heterocycles. The summed E-state index contributed by atoms with van der Waals surface area (Å²) in [5.74, 6) is 1.69. The summed E-state index contributed by atoms with van der Waals surface area (Å²) in [5, 5.41) is 5.85. The lowest BCUT2D eigenvalue weighted by atomic mass is 10.0. The second-order valence-corrected chi connectivity index (χ2v) is 6.24. The predicted molar refractivity (Wildman–Crippen MR) is 85.9 cm³/mol. The highest BCUT2D eigenvalue weighted by Gasteiger charge is 2.21. The Balaban J connectivity index is 1.84. The first-order chi connectivity index (χ1) is 9.63. The standard InChI is InChI=1S/C17H23N3/c1-11-3-4-13(7-11)9-20-17-6-5-16(18)15-10-19-12(2)8-14(15)17/h5-6,8,10-11,13,20H,3-4,7,9,18H2,1-2H3. The zero-order valence-electron chi connectivity index (χ0n) is 12.3. The summed E-state index contributed by atoms with van der Waals surface area (Å²) in [7, 11) is 0. The minimum absolute atomic E-state index is 0.799. The van der Waals surface area contributed by atoms with E-state index in [1.807, 2.05) is 19.2 Å². The molecule has 3 rings (SSSR count). The summed E-state index contributed by atoms with van der Waals surface area (Å²) >= 11 is 0. The van der Waals surface area contributed by atoms with Gasteiger partial charge in [-0.05, 0) is 49.8 Å². The van der Waals surface area contributed by atoms with Gasteiger partial charge in [0.2, 0.25) is 0 Å². The fraction of sp³-hybridized carbons (Fsp3) is 0.471. The lowest BCUT2D eigenvalue weighted by Crippen LogP contribution is -2.12. The van der Waals surface area contributed by atoms with Crippen LogP contribution in [0.1, 0.15) is 31.9 Å². The lowest BCUT2D eigenvalue weighted by Gasteiger charge is -2.15. The highest BCUT2D eigenvalue weighted by Crippen LogP contribution is 2.32. The van der Waals surface area contributed by atoms with E-state index < -0.39 is 0 Å². The van der Waals surface area contributed by atoms with Gasteiger partial charge in [0.25, 0.3) is 0 Å². The van der Waals surface area contributed by atoms with E-state index in [0.29, 0.717) is 0 Å². The van der Waals surface area contributed by atoms with Gasteiger partial charge >= 0.3 is 0 Å². The van der Waals surface area contributed by atoms with Gasteiger partial charge in [0.1, 0.15) is 0 Å². The van der Waals surface area contributed by atoms with E-state index in [1.165, 1.54) is 30.3 Å². The van der Waals surface area contributed by atoms with E-state index in [0.717, 1.165) is 35.1 Å². The summed E-state index contributed by atoms with van der Waals surface area (Å²) in [6.45, 7) is 5.43. The average molecular weight is 269 g/mol. The fourth-order valence-corrected chi connectivity index (χ4v) is 3.28. The van der Waals surface area contributed by atoms with Crippen LogP contribution >= 0.6 is 0 Å². The monoisotopic (exact) mass is 269 g/mol. The Morgan fingerprint density at radius 3 is 2.90 bits per heavy atom. The molecule has 0 aliphatic heterocycles. The normalized spacial score (nSPS) is 22.3. The zero-order chi connectivity index (χ0) is 14.1. The molecule has 1 aliphatic rings. The van der Waals surface area contributed by atoms with E-state index in [-0.39, 0.29) is 0 Å². The van der Waals surface area contributed by atoms with Gasteiger partial charge in [-0.1, -0.05) is 13.3 Å². The van der Waals surface area contributed by atoms with Crippen LogP contribution in [-0.2, 0) is 0 Å². The van der Waals surface area contributed by atoms with Crippen LogP contribution in [0.4, 0.5) is 11.4 Å². The second kappa shape index (κ2) is 5.31. The van der Waals surface area contributed by atoms with Gasteiger partial charge in [-0.3, -0.25) is 4.98 Å². The summed E-state index contributed by atoms with van der Waals surface area (Å²) in [6, 6.07) is 6.18. The first-order valence-corrected chi connectivity index (χ1v) is 7.52. The fourth-order valence-electron chi connectivity index (χ4n) is 3.28. The number of fused-ring (bicyclic) bond motifs is 1. The third kappa shape index (κ3) is 2.58. The molecule has 3 nitrogen and oxygen atoms in total. The Morgan fingerprint density at radius 2 is 2.15 bits per heavy atom. The van der Waals surface area contributed by atoms with Gasteiger partial charge in [0.05, 0.1) is 0 Å². The quantitative estimate of drug-likeness (QED) is 0.829. The smallest absolute Gasteiger partial charge is 0.0422 e. The number of hydrogen-bond donors (Lipinski definition) is 2. The molecule has 0 spiro atoms. The number of pyridine rings is 1. The molecule has 3 heteroatoms. The molecule has 0 amide bonds. The molecule has 1 aliphatic carbocycles. The van der Waals surface area contributed by atoms with Crippen LogP contribution in [0, 0.1) is 18.8 Å². The van der Waals surface area contributed by atoms with Crippen molar-refractivity contribution >= 4 is 22.1 Å². The van der Waals surface area contributed by atoms with Crippen LogP contribution in [-0.4, -0.2) is 11.5 Å². The summed E-state index contributed by atoms with van der Waals surface area (Å²) in [4.78, 5) is 4.35. The van der Waals surface area contributed by atoms with E-state index in [4.69, 9.17) is 5.73 Å². The Hall–Kier alpha value is -1.77. The molecule has 20 heavy (non-hydrogen) atoms. The minimum Gasteiger partial charge on any atom is -0.398 e. The third-order valence-electron chi connectivity index (χ3n) is 4.46. The summed E-state index contributed by atoms with van der Waals surface area (Å²) in [5.41, 5.74) is 9.05. The Kier molecular flexibility index (Phi) is 3.51. The molecular weight excluding hydrogens is 246 g/mol. The number of nitrogens with one attached hydrogen (secondary N) is 1. The van der Waals surface area contributed by atoms with E-state index in [9.17, 15) is 0 Å². The van der Waals surface area contributed by atoms with Gasteiger partial charge in [-0.15, -0.1) is 0 Å². The van der Waals surface area contributed by atoms with Crippen molar-refractivity contribution < 1.29 is 0 Å². The van der Waals surface area contributed by atoms with Gasteiger partial charge in [-0.25, -0.2) is 0 Å². The molecule has 1 aromatic carbocycles. The van der Waals surface area contributed by atoms with Crippen molar-refractivity contribution in [3.05, 3.63) is 30.1 Å². The molecule has 0 saturated heterocycles. The largest absolute Gasteiger partial charge is 0.398 e. The van der Waals surface area contributed by atoms with Gasteiger partial charge in [0.15, 0.2) is 0 Å². The first kappa shape index (κ1) is 13.2. The van der Waals surface area contributed by atoms with Crippen LogP contribution < -0.4 is 11.1 Å². The third-order valence-corrected chi connectivity index (χ3v) is 4.46. The molecule has 0 bridgehead atoms. The second-order valence-electron chi connectivity index (χ2n) is 6.24. The van der Waals surface area contributed by atoms with Crippen molar-refractivity contribution in [2.75, 3.05) is 17.6 Å². The first-order valence-electron chi connectivity index (χ1n) is 7.52. The maximum absolute atomic E-state index is 6.04. The number of nitrogen functional groups attached to an aromatic ring is 1.